The monoisotopic (exact) mass is 401 g/mol. The summed E-state index contributed by atoms with van der Waals surface area (Å²) in [6.45, 7) is 4.13. The first-order valence-corrected chi connectivity index (χ1v) is 8.97. The minimum atomic E-state index is -0.503. The van der Waals surface area contributed by atoms with Crippen LogP contribution in [0.25, 0.3) is 6.08 Å². The molecule has 0 saturated carbocycles. The van der Waals surface area contributed by atoms with E-state index in [1.807, 2.05) is 31.2 Å². The standard InChI is InChI=1S/C20H20ClN3O4/c1-13-9-16(23-28-13)12-27-19(25)8-7-18-14(2)22-24(20(18)21)11-15-5-4-6-17(10-15)26-3/h4-10H,11-12H2,1-3H3/b8-7+. The average molecular weight is 402 g/mol. The van der Waals surface area contributed by atoms with Crippen molar-refractivity contribution in [3.63, 3.8) is 0 Å². The molecule has 146 valence electrons. The third kappa shape index (κ3) is 4.80. The number of methoxy groups -OCH3 is 1. The maximum absolute atomic E-state index is 11.9. The van der Waals surface area contributed by atoms with Crippen molar-refractivity contribution in [1.29, 1.82) is 0 Å². The minimum Gasteiger partial charge on any atom is -0.497 e. The van der Waals surface area contributed by atoms with Gasteiger partial charge in [0.2, 0.25) is 0 Å². The molecule has 28 heavy (non-hydrogen) atoms. The SMILES string of the molecule is COc1cccc(Cn2nc(C)c(/C=C/C(=O)OCc3cc(C)on3)c2Cl)c1. The van der Waals surface area contributed by atoms with Crippen molar-refractivity contribution in [1.82, 2.24) is 14.9 Å². The van der Waals surface area contributed by atoms with Gasteiger partial charge in [-0.2, -0.15) is 5.10 Å². The first-order valence-electron chi connectivity index (χ1n) is 8.59. The molecule has 3 rings (SSSR count). The number of hydrogen-bond donors (Lipinski definition) is 0. The van der Waals surface area contributed by atoms with Crippen LogP contribution in [0, 0.1) is 13.8 Å². The van der Waals surface area contributed by atoms with E-state index in [9.17, 15) is 4.79 Å². The Morgan fingerprint density at radius 2 is 2.14 bits per heavy atom. The van der Waals surface area contributed by atoms with E-state index in [0.717, 1.165) is 11.3 Å². The van der Waals surface area contributed by atoms with Crippen molar-refractivity contribution >= 4 is 23.6 Å². The summed E-state index contributed by atoms with van der Waals surface area (Å²) < 4.78 is 17.0. The summed E-state index contributed by atoms with van der Waals surface area (Å²) in [6.07, 6.45) is 2.92. The number of benzene rings is 1. The molecule has 2 heterocycles. The molecule has 0 fully saturated rings. The Kier molecular flexibility index (Phi) is 6.16. The van der Waals surface area contributed by atoms with E-state index in [2.05, 4.69) is 10.3 Å². The quantitative estimate of drug-likeness (QED) is 0.440. The van der Waals surface area contributed by atoms with Crippen LogP contribution >= 0.6 is 11.6 Å². The van der Waals surface area contributed by atoms with Crippen LogP contribution in [0.4, 0.5) is 0 Å². The van der Waals surface area contributed by atoms with Crippen molar-refractivity contribution in [2.75, 3.05) is 7.11 Å². The van der Waals surface area contributed by atoms with Gasteiger partial charge in [-0.15, -0.1) is 0 Å². The van der Waals surface area contributed by atoms with Crippen LogP contribution in [0.3, 0.4) is 0 Å². The lowest BCUT2D eigenvalue weighted by molar-refractivity contribution is -0.139. The first kappa shape index (κ1) is 19.7. The van der Waals surface area contributed by atoms with Crippen LogP contribution in [0.15, 0.2) is 40.9 Å². The van der Waals surface area contributed by atoms with Crippen molar-refractivity contribution < 1.29 is 18.8 Å². The molecule has 0 atom stereocenters. The van der Waals surface area contributed by atoms with Crippen LogP contribution in [0.2, 0.25) is 5.15 Å². The minimum absolute atomic E-state index is 0.0440. The Bertz CT molecular complexity index is 1010. The third-order valence-corrected chi connectivity index (χ3v) is 4.40. The van der Waals surface area contributed by atoms with Gasteiger partial charge in [-0.3, -0.25) is 0 Å². The first-order chi connectivity index (χ1) is 13.5. The van der Waals surface area contributed by atoms with E-state index < -0.39 is 5.97 Å². The van der Waals surface area contributed by atoms with Crippen LogP contribution in [-0.2, 0) is 22.7 Å². The summed E-state index contributed by atoms with van der Waals surface area (Å²) in [5, 5.41) is 8.66. The van der Waals surface area contributed by atoms with Crippen molar-refractivity contribution in [3.8, 4) is 5.75 Å². The Hall–Kier alpha value is -3.06. The maximum atomic E-state index is 11.9. The van der Waals surface area contributed by atoms with E-state index in [4.69, 9.17) is 25.6 Å². The second-order valence-corrected chi connectivity index (χ2v) is 6.53. The molecular formula is C20H20ClN3O4. The fourth-order valence-corrected chi connectivity index (χ4v) is 2.93. The van der Waals surface area contributed by atoms with Crippen molar-refractivity contribution in [2.45, 2.75) is 27.0 Å². The molecular weight excluding hydrogens is 382 g/mol. The fourth-order valence-electron chi connectivity index (χ4n) is 2.64. The van der Waals surface area contributed by atoms with E-state index in [1.165, 1.54) is 6.08 Å². The average Bonchev–Trinajstić information content (AvgIpc) is 3.21. The summed E-state index contributed by atoms with van der Waals surface area (Å²) >= 11 is 6.46. The number of ether oxygens (including phenoxy) is 2. The Morgan fingerprint density at radius 3 is 2.86 bits per heavy atom. The van der Waals surface area contributed by atoms with E-state index in [0.29, 0.717) is 34.4 Å². The molecule has 0 aliphatic carbocycles. The van der Waals surface area contributed by atoms with Gasteiger partial charge in [0, 0.05) is 17.7 Å². The highest BCUT2D eigenvalue weighted by molar-refractivity contribution is 6.31. The molecule has 8 heteroatoms. The number of nitrogens with zero attached hydrogens (tertiary/aromatic N) is 3. The molecule has 0 bridgehead atoms. The summed E-state index contributed by atoms with van der Waals surface area (Å²) in [6, 6.07) is 9.38. The zero-order chi connectivity index (χ0) is 20.1. The van der Waals surface area contributed by atoms with Crippen LogP contribution in [0.5, 0.6) is 5.75 Å². The topological polar surface area (TPSA) is 79.4 Å². The largest absolute Gasteiger partial charge is 0.497 e. The van der Waals surface area contributed by atoms with E-state index >= 15 is 0 Å². The molecule has 0 N–H and O–H groups in total. The van der Waals surface area contributed by atoms with Gasteiger partial charge < -0.3 is 14.0 Å². The number of hydrogen-bond acceptors (Lipinski definition) is 6. The Morgan fingerprint density at radius 1 is 1.32 bits per heavy atom. The van der Waals surface area contributed by atoms with E-state index in [-0.39, 0.29) is 6.61 Å². The van der Waals surface area contributed by atoms with Crippen LogP contribution in [0.1, 0.15) is 28.3 Å². The number of carbonyl (C=O) groups is 1. The molecule has 0 radical (unpaired) electrons. The van der Waals surface area contributed by atoms with Gasteiger partial charge in [0.15, 0.2) is 0 Å². The predicted molar refractivity (Wildman–Crippen MR) is 104 cm³/mol. The number of rotatable bonds is 7. The highest BCUT2D eigenvalue weighted by Gasteiger charge is 2.12. The van der Waals surface area contributed by atoms with Gasteiger partial charge in [0.05, 0.1) is 19.3 Å². The molecule has 7 nitrogen and oxygen atoms in total. The highest BCUT2D eigenvalue weighted by Crippen LogP contribution is 2.23. The fraction of sp³-hybridized carbons (Fsp3) is 0.250. The Labute approximate surface area is 167 Å². The zero-order valence-corrected chi connectivity index (χ0v) is 16.6. The summed E-state index contributed by atoms with van der Waals surface area (Å²) in [7, 11) is 1.62. The molecule has 1 aromatic carbocycles. The summed E-state index contributed by atoms with van der Waals surface area (Å²) in [5.41, 5.74) is 2.93. The smallest absolute Gasteiger partial charge is 0.331 e. The number of carbonyl (C=O) groups excluding carboxylic acids is 1. The van der Waals surface area contributed by atoms with Crippen LogP contribution < -0.4 is 4.74 Å². The van der Waals surface area contributed by atoms with Gasteiger partial charge in [0.1, 0.15) is 29.0 Å². The molecule has 0 aliphatic heterocycles. The molecule has 0 aliphatic rings. The van der Waals surface area contributed by atoms with Gasteiger partial charge in [0.25, 0.3) is 0 Å². The molecule has 0 saturated heterocycles. The Balaban J connectivity index is 1.67. The summed E-state index contributed by atoms with van der Waals surface area (Å²) in [4.78, 5) is 11.9. The number of halogens is 1. The predicted octanol–water partition coefficient (Wildman–Crippen LogP) is 3.95. The lowest BCUT2D eigenvalue weighted by atomic mass is 10.2. The van der Waals surface area contributed by atoms with Gasteiger partial charge in [-0.1, -0.05) is 28.9 Å². The number of esters is 1. The lowest BCUT2D eigenvalue weighted by Gasteiger charge is -2.06. The van der Waals surface area contributed by atoms with E-state index in [1.54, 1.807) is 30.9 Å². The van der Waals surface area contributed by atoms with Crippen molar-refractivity contribution in [2.24, 2.45) is 0 Å². The third-order valence-electron chi connectivity index (χ3n) is 4.00. The van der Waals surface area contributed by atoms with Crippen molar-refractivity contribution in [3.05, 3.63) is 69.8 Å². The molecule has 3 aromatic rings. The van der Waals surface area contributed by atoms with Gasteiger partial charge in [-0.05, 0) is 37.6 Å². The molecule has 0 amide bonds. The maximum Gasteiger partial charge on any atom is 0.331 e. The summed E-state index contributed by atoms with van der Waals surface area (Å²) in [5.74, 6) is 0.923. The molecule has 2 aromatic heterocycles. The normalized spacial score (nSPS) is 11.1. The van der Waals surface area contributed by atoms with Gasteiger partial charge >= 0.3 is 5.97 Å². The second kappa shape index (κ2) is 8.75. The number of aromatic nitrogens is 3. The molecule has 0 spiro atoms. The number of aryl methyl sites for hydroxylation is 2. The molecule has 0 unspecified atom stereocenters. The van der Waals surface area contributed by atoms with Gasteiger partial charge in [-0.25, -0.2) is 9.48 Å². The lowest BCUT2D eigenvalue weighted by Crippen LogP contribution is -2.02. The highest BCUT2D eigenvalue weighted by atomic mass is 35.5. The van der Waals surface area contributed by atoms with Crippen LogP contribution in [-0.4, -0.2) is 28.0 Å². The zero-order valence-electron chi connectivity index (χ0n) is 15.8. The second-order valence-electron chi connectivity index (χ2n) is 6.17.